The number of ether oxygens (including phenoxy) is 1. The lowest BCUT2D eigenvalue weighted by atomic mass is 10.1. The number of carbonyl (C=O) groups excluding carboxylic acids is 1. The van der Waals surface area contributed by atoms with Crippen molar-refractivity contribution in [1.82, 2.24) is 15.2 Å². The summed E-state index contributed by atoms with van der Waals surface area (Å²) >= 11 is 0. The van der Waals surface area contributed by atoms with E-state index in [1.165, 1.54) is 0 Å². The molecule has 1 aliphatic heterocycles. The van der Waals surface area contributed by atoms with Gasteiger partial charge in [0.15, 0.2) is 6.10 Å². The Morgan fingerprint density at radius 3 is 2.58 bits per heavy atom. The molecule has 6 heteroatoms. The van der Waals surface area contributed by atoms with Gasteiger partial charge in [-0.2, -0.15) is 0 Å². The highest BCUT2D eigenvalue weighted by atomic mass is 16.5. The van der Waals surface area contributed by atoms with Crippen LogP contribution < -0.4 is 10.2 Å². The van der Waals surface area contributed by atoms with Crippen LogP contribution in [0.4, 0.5) is 5.82 Å². The third kappa shape index (κ3) is 4.39. The largest absolute Gasteiger partial charge is 0.367 e. The molecule has 1 amide bonds. The van der Waals surface area contributed by atoms with Crippen molar-refractivity contribution in [3.8, 4) is 0 Å². The van der Waals surface area contributed by atoms with Crippen LogP contribution in [-0.4, -0.2) is 56.1 Å². The highest BCUT2D eigenvalue weighted by Crippen LogP contribution is 2.20. The van der Waals surface area contributed by atoms with E-state index in [0.29, 0.717) is 6.54 Å². The molecule has 1 atom stereocenters. The van der Waals surface area contributed by atoms with Crippen LogP contribution in [0.15, 0.2) is 48.7 Å². The molecule has 0 spiro atoms. The zero-order chi connectivity index (χ0) is 18.4. The van der Waals surface area contributed by atoms with Gasteiger partial charge >= 0.3 is 0 Å². The minimum atomic E-state index is -0.611. The molecule has 2 heterocycles. The molecule has 1 fully saturated rings. The quantitative estimate of drug-likeness (QED) is 0.858. The zero-order valence-corrected chi connectivity index (χ0v) is 15.4. The second kappa shape index (κ2) is 8.78. The molecule has 6 nitrogen and oxygen atoms in total. The molecule has 0 aliphatic carbocycles. The standard InChI is InChI=1S/C20H26N4O2/c1-23-11-13-24(14-12-23)19-17(9-6-10-21-19)15-22-20(25)18(26-2)16-7-4-3-5-8-16/h3-10,18H,11-15H2,1-2H3,(H,22,25). The summed E-state index contributed by atoms with van der Waals surface area (Å²) < 4.78 is 5.40. The smallest absolute Gasteiger partial charge is 0.254 e. The van der Waals surface area contributed by atoms with Crippen LogP contribution in [-0.2, 0) is 16.1 Å². The Bertz CT molecular complexity index is 715. The molecule has 138 valence electrons. The Hall–Kier alpha value is -2.44. The van der Waals surface area contributed by atoms with Gasteiger partial charge in [-0.1, -0.05) is 36.4 Å². The fourth-order valence-corrected chi connectivity index (χ4v) is 3.17. The first-order valence-corrected chi connectivity index (χ1v) is 8.92. The number of methoxy groups -OCH3 is 1. The Morgan fingerprint density at radius 2 is 1.88 bits per heavy atom. The number of hydrogen-bond donors (Lipinski definition) is 1. The Kier molecular flexibility index (Phi) is 6.20. The monoisotopic (exact) mass is 354 g/mol. The first-order valence-electron chi connectivity index (χ1n) is 8.92. The first kappa shape index (κ1) is 18.4. The molecule has 1 aliphatic rings. The van der Waals surface area contributed by atoms with E-state index >= 15 is 0 Å². The van der Waals surface area contributed by atoms with Gasteiger partial charge < -0.3 is 19.9 Å². The normalized spacial score (nSPS) is 16.3. The molecule has 3 rings (SSSR count). The van der Waals surface area contributed by atoms with E-state index in [0.717, 1.165) is 43.1 Å². The second-order valence-electron chi connectivity index (χ2n) is 6.52. The number of benzene rings is 1. The molecule has 0 bridgehead atoms. The lowest BCUT2D eigenvalue weighted by Gasteiger charge is -2.34. The Labute approximate surface area is 154 Å². The van der Waals surface area contributed by atoms with Crippen molar-refractivity contribution in [2.75, 3.05) is 45.2 Å². The molecule has 1 unspecified atom stereocenters. The van der Waals surface area contributed by atoms with Gasteiger partial charge in [-0.25, -0.2) is 4.98 Å². The number of piperazine rings is 1. The third-order valence-electron chi connectivity index (χ3n) is 4.70. The summed E-state index contributed by atoms with van der Waals surface area (Å²) in [6.45, 7) is 4.35. The number of anilines is 1. The average molecular weight is 354 g/mol. The predicted molar refractivity (Wildman–Crippen MR) is 102 cm³/mol. The second-order valence-corrected chi connectivity index (χ2v) is 6.52. The van der Waals surface area contributed by atoms with Crippen LogP contribution in [0.1, 0.15) is 17.2 Å². The molecular formula is C20H26N4O2. The number of carbonyl (C=O) groups is 1. The molecule has 1 aromatic heterocycles. The molecule has 26 heavy (non-hydrogen) atoms. The minimum Gasteiger partial charge on any atom is -0.367 e. The van der Waals surface area contributed by atoms with Crippen molar-refractivity contribution in [2.45, 2.75) is 12.6 Å². The van der Waals surface area contributed by atoms with Crippen molar-refractivity contribution in [2.24, 2.45) is 0 Å². The average Bonchev–Trinajstić information content (AvgIpc) is 2.69. The Morgan fingerprint density at radius 1 is 1.15 bits per heavy atom. The first-order chi connectivity index (χ1) is 12.7. The minimum absolute atomic E-state index is 0.146. The number of rotatable bonds is 6. The lowest BCUT2D eigenvalue weighted by Crippen LogP contribution is -2.45. The van der Waals surface area contributed by atoms with Gasteiger partial charge in [-0.3, -0.25) is 4.79 Å². The highest BCUT2D eigenvalue weighted by Gasteiger charge is 2.21. The van der Waals surface area contributed by atoms with E-state index in [1.54, 1.807) is 13.3 Å². The number of nitrogens with one attached hydrogen (secondary N) is 1. The predicted octanol–water partition coefficient (Wildman–Crippen LogP) is 1.84. The molecule has 1 N–H and O–H groups in total. The number of likely N-dealkylation sites (N-methyl/N-ethyl adjacent to an activating group) is 1. The summed E-state index contributed by atoms with van der Waals surface area (Å²) in [7, 11) is 3.68. The third-order valence-corrected chi connectivity index (χ3v) is 4.70. The zero-order valence-electron chi connectivity index (χ0n) is 15.4. The molecule has 0 saturated carbocycles. The van der Waals surface area contributed by atoms with Gasteiger partial charge in [0, 0.05) is 51.6 Å². The molecule has 1 saturated heterocycles. The summed E-state index contributed by atoms with van der Waals surface area (Å²) in [6.07, 6.45) is 1.20. The molecule has 1 aromatic carbocycles. The molecule has 0 radical (unpaired) electrons. The summed E-state index contributed by atoms with van der Waals surface area (Å²) in [5.74, 6) is 0.807. The van der Waals surface area contributed by atoms with E-state index in [2.05, 4.69) is 27.1 Å². The van der Waals surface area contributed by atoms with Gasteiger partial charge in [-0.05, 0) is 18.7 Å². The Balaban J connectivity index is 1.67. The van der Waals surface area contributed by atoms with Gasteiger partial charge in [0.25, 0.3) is 5.91 Å². The van der Waals surface area contributed by atoms with Crippen molar-refractivity contribution >= 4 is 11.7 Å². The van der Waals surface area contributed by atoms with Crippen LogP contribution in [0.2, 0.25) is 0 Å². The summed E-state index contributed by atoms with van der Waals surface area (Å²) in [5.41, 5.74) is 1.87. The topological polar surface area (TPSA) is 57.7 Å². The van der Waals surface area contributed by atoms with Crippen molar-refractivity contribution in [3.05, 3.63) is 59.8 Å². The van der Waals surface area contributed by atoms with Gasteiger partial charge in [0.1, 0.15) is 5.82 Å². The van der Waals surface area contributed by atoms with Crippen LogP contribution in [0.3, 0.4) is 0 Å². The SMILES string of the molecule is COC(C(=O)NCc1cccnc1N1CCN(C)CC1)c1ccccc1. The van der Waals surface area contributed by atoms with E-state index in [9.17, 15) is 4.79 Å². The summed E-state index contributed by atoms with van der Waals surface area (Å²) in [5, 5.41) is 3.00. The van der Waals surface area contributed by atoms with E-state index in [4.69, 9.17) is 4.74 Å². The maximum Gasteiger partial charge on any atom is 0.254 e. The summed E-state index contributed by atoms with van der Waals surface area (Å²) in [4.78, 5) is 21.7. The molecular weight excluding hydrogens is 328 g/mol. The van der Waals surface area contributed by atoms with Gasteiger partial charge in [0.2, 0.25) is 0 Å². The number of aromatic nitrogens is 1. The van der Waals surface area contributed by atoms with E-state index < -0.39 is 6.10 Å². The van der Waals surface area contributed by atoms with Crippen LogP contribution >= 0.6 is 0 Å². The van der Waals surface area contributed by atoms with Crippen LogP contribution in [0.5, 0.6) is 0 Å². The number of hydrogen-bond acceptors (Lipinski definition) is 5. The summed E-state index contributed by atoms with van der Waals surface area (Å²) in [6, 6.07) is 13.5. The highest BCUT2D eigenvalue weighted by molar-refractivity contribution is 5.82. The van der Waals surface area contributed by atoms with Gasteiger partial charge in [-0.15, -0.1) is 0 Å². The molecule has 2 aromatic rings. The van der Waals surface area contributed by atoms with Crippen molar-refractivity contribution in [3.63, 3.8) is 0 Å². The fraction of sp³-hybridized carbons (Fsp3) is 0.400. The number of amides is 1. The maximum absolute atomic E-state index is 12.6. The maximum atomic E-state index is 12.6. The van der Waals surface area contributed by atoms with Crippen molar-refractivity contribution < 1.29 is 9.53 Å². The van der Waals surface area contributed by atoms with Crippen molar-refractivity contribution in [1.29, 1.82) is 0 Å². The van der Waals surface area contributed by atoms with Crippen LogP contribution in [0, 0.1) is 0 Å². The number of pyridine rings is 1. The fourth-order valence-electron chi connectivity index (χ4n) is 3.17. The lowest BCUT2D eigenvalue weighted by molar-refractivity contribution is -0.131. The van der Waals surface area contributed by atoms with Gasteiger partial charge in [0.05, 0.1) is 0 Å². The van der Waals surface area contributed by atoms with Crippen LogP contribution in [0.25, 0.3) is 0 Å². The number of nitrogens with zero attached hydrogens (tertiary/aromatic N) is 3. The van der Waals surface area contributed by atoms with E-state index in [1.807, 2.05) is 42.5 Å². The van der Waals surface area contributed by atoms with E-state index in [-0.39, 0.29) is 5.91 Å².